The zero-order chi connectivity index (χ0) is 13.0. The van der Waals surface area contributed by atoms with E-state index in [-0.39, 0.29) is 5.60 Å². The third-order valence-electron chi connectivity index (χ3n) is 4.55. The van der Waals surface area contributed by atoms with Crippen LogP contribution in [-0.2, 0) is 0 Å². The van der Waals surface area contributed by atoms with Gasteiger partial charge < -0.3 is 4.74 Å². The normalized spacial score (nSPS) is 19.7. The quantitative estimate of drug-likeness (QED) is 0.685. The van der Waals surface area contributed by atoms with Crippen molar-refractivity contribution in [2.75, 3.05) is 0 Å². The second-order valence-corrected chi connectivity index (χ2v) is 5.72. The summed E-state index contributed by atoms with van der Waals surface area (Å²) in [6.07, 6.45) is 7.39. The Hall–Kier alpha value is -0.980. The molecule has 2 rings (SSSR count). The molecule has 1 aliphatic carbocycles. The van der Waals surface area contributed by atoms with E-state index in [0.29, 0.717) is 5.92 Å². The van der Waals surface area contributed by atoms with Crippen LogP contribution in [0.25, 0.3) is 0 Å². The third-order valence-corrected chi connectivity index (χ3v) is 4.55. The molecule has 18 heavy (non-hydrogen) atoms. The van der Waals surface area contributed by atoms with Crippen LogP contribution in [0.15, 0.2) is 24.3 Å². The van der Waals surface area contributed by atoms with Gasteiger partial charge in [-0.15, -0.1) is 0 Å². The van der Waals surface area contributed by atoms with E-state index in [1.54, 1.807) is 0 Å². The van der Waals surface area contributed by atoms with Crippen molar-refractivity contribution in [2.45, 2.75) is 70.8 Å². The molecule has 1 atom stereocenters. The first-order chi connectivity index (χ1) is 8.69. The minimum atomic E-state index is 0.123. The van der Waals surface area contributed by atoms with Crippen molar-refractivity contribution >= 4 is 0 Å². The SMILES string of the molecule is CCC(C)c1ccc(OC2(CC)CCCC2)cc1. The molecular formula is C17H26O. The molecule has 0 aromatic heterocycles. The van der Waals surface area contributed by atoms with Crippen LogP contribution in [0.4, 0.5) is 0 Å². The van der Waals surface area contributed by atoms with Crippen molar-refractivity contribution in [3.05, 3.63) is 29.8 Å². The van der Waals surface area contributed by atoms with E-state index < -0.39 is 0 Å². The highest BCUT2D eigenvalue weighted by Crippen LogP contribution is 2.37. The average molecular weight is 246 g/mol. The zero-order valence-corrected chi connectivity index (χ0v) is 12.0. The molecule has 1 aromatic rings. The van der Waals surface area contributed by atoms with E-state index >= 15 is 0 Å². The van der Waals surface area contributed by atoms with Crippen LogP contribution >= 0.6 is 0 Å². The predicted molar refractivity (Wildman–Crippen MR) is 77.3 cm³/mol. The maximum Gasteiger partial charge on any atom is 0.120 e. The lowest BCUT2D eigenvalue weighted by atomic mass is 9.97. The van der Waals surface area contributed by atoms with E-state index in [9.17, 15) is 0 Å². The minimum absolute atomic E-state index is 0.123. The van der Waals surface area contributed by atoms with Gasteiger partial charge >= 0.3 is 0 Å². The molecule has 1 heteroatoms. The molecule has 1 aromatic carbocycles. The van der Waals surface area contributed by atoms with E-state index in [0.717, 1.165) is 12.2 Å². The summed E-state index contributed by atoms with van der Waals surface area (Å²) >= 11 is 0. The molecule has 100 valence electrons. The first kappa shape index (κ1) is 13.5. The molecule has 1 aliphatic rings. The lowest BCUT2D eigenvalue weighted by Crippen LogP contribution is -2.31. The van der Waals surface area contributed by atoms with Gasteiger partial charge in [0.25, 0.3) is 0 Å². The van der Waals surface area contributed by atoms with Crippen molar-refractivity contribution in [1.82, 2.24) is 0 Å². The standard InChI is InChI=1S/C17H26O/c1-4-14(3)15-8-10-16(11-9-15)18-17(5-2)12-6-7-13-17/h8-11,14H,4-7,12-13H2,1-3H3. The highest BCUT2D eigenvalue weighted by molar-refractivity contribution is 5.29. The van der Waals surface area contributed by atoms with Gasteiger partial charge in [0, 0.05) is 0 Å². The number of ether oxygens (including phenoxy) is 1. The van der Waals surface area contributed by atoms with Gasteiger partial charge in [-0.2, -0.15) is 0 Å². The van der Waals surface area contributed by atoms with Crippen LogP contribution in [0.5, 0.6) is 5.75 Å². The van der Waals surface area contributed by atoms with Crippen LogP contribution in [0.1, 0.15) is 70.8 Å². The zero-order valence-electron chi connectivity index (χ0n) is 12.0. The van der Waals surface area contributed by atoms with Gasteiger partial charge in [-0.05, 0) is 62.1 Å². The van der Waals surface area contributed by atoms with Gasteiger partial charge in [0.05, 0.1) is 0 Å². The van der Waals surface area contributed by atoms with Crippen molar-refractivity contribution < 1.29 is 4.74 Å². The highest BCUT2D eigenvalue weighted by Gasteiger charge is 2.34. The fourth-order valence-electron chi connectivity index (χ4n) is 2.90. The molecule has 1 nitrogen and oxygen atoms in total. The van der Waals surface area contributed by atoms with Gasteiger partial charge in [-0.25, -0.2) is 0 Å². The Labute approximate surface area is 112 Å². The topological polar surface area (TPSA) is 9.23 Å². The van der Waals surface area contributed by atoms with Gasteiger partial charge in [0.1, 0.15) is 11.4 Å². The first-order valence-electron chi connectivity index (χ1n) is 7.48. The van der Waals surface area contributed by atoms with Crippen LogP contribution in [0.2, 0.25) is 0 Å². The molecule has 1 unspecified atom stereocenters. The summed E-state index contributed by atoms with van der Waals surface area (Å²) in [4.78, 5) is 0. The van der Waals surface area contributed by atoms with Crippen LogP contribution in [0, 0.1) is 0 Å². The van der Waals surface area contributed by atoms with E-state index in [2.05, 4.69) is 45.0 Å². The molecule has 0 radical (unpaired) electrons. The third kappa shape index (κ3) is 2.88. The Bertz CT molecular complexity index is 360. The summed E-state index contributed by atoms with van der Waals surface area (Å²) in [5, 5.41) is 0. The smallest absolute Gasteiger partial charge is 0.120 e. The van der Waals surface area contributed by atoms with Crippen LogP contribution < -0.4 is 4.74 Å². The van der Waals surface area contributed by atoms with Gasteiger partial charge in [-0.3, -0.25) is 0 Å². The van der Waals surface area contributed by atoms with Crippen molar-refractivity contribution in [2.24, 2.45) is 0 Å². The Morgan fingerprint density at radius 1 is 1.11 bits per heavy atom. The summed E-state index contributed by atoms with van der Waals surface area (Å²) in [6.45, 7) is 6.76. The lowest BCUT2D eigenvalue weighted by molar-refractivity contribution is 0.0720. The molecule has 1 saturated carbocycles. The van der Waals surface area contributed by atoms with E-state index in [1.165, 1.54) is 37.7 Å². The van der Waals surface area contributed by atoms with Gasteiger partial charge in [0.2, 0.25) is 0 Å². The van der Waals surface area contributed by atoms with Gasteiger partial charge in [-0.1, -0.05) is 32.9 Å². The second kappa shape index (κ2) is 5.77. The maximum atomic E-state index is 6.28. The number of rotatable bonds is 5. The molecule has 0 spiro atoms. The molecule has 0 N–H and O–H groups in total. The Morgan fingerprint density at radius 2 is 1.72 bits per heavy atom. The first-order valence-corrected chi connectivity index (χ1v) is 7.48. The molecule has 1 fully saturated rings. The molecule has 0 amide bonds. The van der Waals surface area contributed by atoms with Crippen molar-refractivity contribution in [3.8, 4) is 5.75 Å². The van der Waals surface area contributed by atoms with Crippen LogP contribution in [0.3, 0.4) is 0 Å². The summed E-state index contributed by atoms with van der Waals surface area (Å²) in [6, 6.07) is 8.75. The summed E-state index contributed by atoms with van der Waals surface area (Å²) < 4.78 is 6.28. The Morgan fingerprint density at radius 3 is 2.22 bits per heavy atom. The number of hydrogen-bond donors (Lipinski definition) is 0. The Kier molecular flexibility index (Phi) is 4.31. The molecule has 0 aliphatic heterocycles. The maximum absolute atomic E-state index is 6.28. The summed E-state index contributed by atoms with van der Waals surface area (Å²) in [5.41, 5.74) is 1.54. The second-order valence-electron chi connectivity index (χ2n) is 5.72. The van der Waals surface area contributed by atoms with E-state index in [1.807, 2.05) is 0 Å². The van der Waals surface area contributed by atoms with E-state index in [4.69, 9.17) is 4.74 Å². The molecule has 0 saturated heterocycles. The summed E-state index contributed by atoms with van der Waals surface area (Å²) in [7, 11) is 0. The predicted octanol–water partition coefficient (Wildman–Crippen LogP) is 5.30. The fourth-order valence-corrected chi connectivity index (χ4v) is 2.90. The van der Waals surface area contributed by atoms with Crippen molar-refractivity contribution in [3.63, 3.8) is 0 Å². The molecule has 0 heterocycles. The summed E-state index contributed by atoms with van der Waals surface area (Å²) in [5.74, 6) is 1.69. The monoisotopic (exact) mass is 246 g/mol. The lowest BCUT2D eigenvalue weighted by Gasteiger charge is -2.29. The molecular weight excluding hydrogens is 220 g/mol. The van der Waals surface area contributed by atoms with Crippen LogP contribution in [-0.4, -0.2) is 5.60 Å². The number of benzene rings is 1. The highest BCUT2D eigenvalue weighted by atomic mass is 16.5. The Balaban J connectivity index is 2.05. The largest absolute Gasteiger partial charge is 0.487 e. The molecule has 0 bridgehead atoms. The minimum Gasteiger partial charge on any atom is -0.487 e. The van der Waals surface area contributed by atoms with Gasteiger partial charge in [0.15, 0.2) is 0 Å². The fraction of sp³-hybridized carbons (Fsp3) is 0.647. The van der Waals surface area contributed by atoms with Crippen molar-refractivity contribution in [1.29, 1.82) is 0 Å². The number of hydrogen-bond acceptors (Lipinski definition) is 1. The average Bonchev–Trinajstić information content (AvgIpc) is 2.88.